The summed E-state index contributed by atoms with van der Waals surface area (Å²) in [5.74, 6) is -1.19. The summed E-state index contributed by atoms with van der Waals surface area (Å²) in [4.78, 5) is 24.5. The molecule has 7 nitrogen and oxygen atoms in total. The van der Waals surface area contributed by atoms with Crippen LogP contribution < -0.4 is 0 Å². The molecule has 0 spiro atoms. The number of pyridine rings is 1. The lowest BCUT2D eigenvalue weighted by Crippen LogP contribution is -2.09. The lowest BCUT2D eigenvalue weighted by molar-refractivity contribution is -0.386. The molecule has 16 heavy (non-hydrogen) atoms. The summed E-state index contributed by atoms with van der Waals surface area (Å²) in [6, 6.07) is 1.06. The average molecular weight is 226 g/mol. The molecule has 1 N–H and O–H groups in total. The number of ether oxygens (including phenoxy) is 1. The average Bonchev–Trinajstić information content (AvgIpc) is 2.21. The van der Waals surface area contributed by atoms with E-state index in [-0.39, 0.29) is 18.7 Å². The highest BCUT2D eigenvalue weighted by atomic mass is 16.6. The number of rotatable bonds is 4. The number of aromatic hydroxyl groups is 1. The van der Waals surface area contributed by atoms with Crippen molar-refractivity contribution in [1.29, 1.82) is 0 Å². The fourth-order valence-electron chi connectivity index (χ4n) is 1.11. The number of esters is 1. The van der Waals surface area contributed by atoms with Gasteiger partial charge in [0.1, 0.15) is 5.69 Å². The van der Waals surface area contributed by atoms with Crippen molar-refractivity contribution in [2.24, 2.45) is 0 Å². The summed E-state index contributed by atoms with van der Waals surface area (Å²) in [5, 5.41) is 20.0. The van der Waals surface area contributed by atoms with Crippen molar-refractivity contribution in [3.8, 4) is 5.75 Å². The summed E-state index contributed by atoms with van der Waals surface area (Å²) in [6.07, 6.45) is 0.869. The van der Waals surface area contributed by atoms with Gasteiger partial charge in [0.05, 0.1) is 18.0 Å². The SMILES string of the molecule is CCOC(=O)Cc1nccc([N+](=O)[O-])c1O. The maximum Gasteiger partial charge on any atom is 0.314 e. The minimum atomic E-state index is -0.744. The highest BCUT2D eigenvalue weighted by Gasteiger charge is 2.19. The first-order valence-electron chi connectivity index (χ1n) is 4.53. The van der Waals surface area contributed by atoms with Crippen LogP contribution in [0.3, 0.4) is 0 Å². The Balaban J connectivity index is 2.93. The lowest BCUT2D eigenvalue weighted by atomic mass is 10.2. The van der Waals surface area contributed by atoms with Crippen molar-refractivity contribution < 1.29 is 19.6 Å². The first kappa shape index (κ1) is 11.9. The number of carbonyl (C=O) groups is 1. The Morgan fingerprint density at radius 1 is 1.69 bits per heavy atom. The van der Waals surface area contributed by atoms with Gasteiger partial charge in [-0.2, -0.15) is 0 Å². The van der Waals surface area contributed by atoms with Gasteiger partial charge in [-0.05, 0) is 6.92 Å². The highest BCUT2D eigenvalue weighted by molar-refractivity contribution is 5.73. The van der Waals surface area contributed by atoms with Crippen molar-refractivity contribution in [1.82, 2.24) is 4.98 Å². The third-order valence-corrected chi connectivity index (χ3v) is 1.79. The summed E-state index contributed by atoms with van der Waals surface area (Å²) >= 11 is 0. The Hall–Kier alpha value is -2.18. The molecule has 1 aromatic heterocycles. The molecular formula is C9H10N2O5. The van der Waals surface area contributed by atoms with E-state index in [4.69, 9.17) is 0 Å². The smallest absolute Gasteiger partial charge is 0.314 e. The molecule has 0 aliphatic carbocycles. The Morgan fingerprint density at radius 2 is 2.38 bits per heavy atom. The number of carbonyl (C=O) groups excluding carboxylic acids is 1. The van der Waals surface area contributed by atoms with Gasteiger partial charge in [0.25, 0.3) is 0 Å². The van der Waals surface area contributed by atoms with Gasteiger partial charge in [-0.3, -0.25) is 19.9 Å². The number of nitrogens with zero attached hydrogens (tertiary/aromatic N) is 2. The van der Waals surface area contributed by atoms with E-state index >= 15 is 0 Å². The summed E-state index contributed by atoms with van der Waals surface area (Å²) in [7, 11) is 0. The lowest BCUT2D eigenvalue weighted by Gasteiger charge is -2.03. The molecule has 0 fully saturated rings. The Morgan fingerprint density at radius 3 is 2.94 bits per heavy atom. The van der Waals surface area contributed by atoms with Gasteiger partial charge in [-0.25, -0.2) is 0 Å². The topological polar surface area (TPSA) is 103 Å². The van der Waals surface area contributed by atoms with Gasteiger partial charge >= 0.3 is 11.7 Å². The first-order chi connectivity index (χ1) is 7.56. The van der Waals surface area contributed by atoms with Gasteiger partial charge in [0, 0.05) is 12.3 Å². The zero-order valence-corrected chi connectivity index (χ0v) is 8.54. The number of hydrogen-bond acceptors (Lipinski definition) is 6. The molecule has 0 aromatic carbocycles. The first-order valence-corrected chi connectivity index (χ1v) is 4.53. The fraction of sp³-hybridized carbons (Fsp3) is 0.333. The second kappa shape index (κ2) is 5.06. The molecule has 0 atom stereocenters. The van der Waals surface area contributed by atoms with E-state index in [9.17, 15) is 20.0 Å². The van der Waals surface area contributed by atoms with E-state index in [1.807, 2.05) is 0 Å². The van der Waals surface area contributed by atoms with Crippen LogP contribution in [0.4, 0.5) is 5.69 Å². The van der Waals surface area contributed by atoms with Crippen LogP contribution in [0.1, 0.15) is 12.6 Å². The van der Waals surface area contributed by atoms with E-state index in [2.05, 4.69) is 9.72 Å². The molecule has 0 saturated heterocycles. The summed E-state index contributed by atoms with van der Waals surface area (Å²) in [5.41, 5.74) is -0.540. The summed E-state index contributed by atoms with van der Waals surface area (Å²) < 4.78 is 4.64. The molecule has 0 amide bonds. The van der Waals surface area contributed by atoms with E-state index in [1.165, 1.54) is 0 Å². The zero-order valence-electron chi connectivity index (χ0n) is 8.54. The standard InChI is InChI=1S/C9H10N2O5/c1-2-16-8(12)5-6-9(13)7(11(14)15)3-4-10-6/h3-4,13H,2,5H2,1H3. The second-order valence-electron chi connectivity index (χ2n) is 2.86. The Labute approximate surface area is 90.8 Å². The molecule has 1 heterocycles. The van der Waals surface area contributed by atoms with Crippen LogP contribution in [0.25, 0.3) is 0 Å². The molecule has 0 bridgehead atoms. The summed E-state index contributed by atoms with van der Waals surface area (Å²) in [6.45, 7) is 1.84. The monoisotopic (exact) mass is 226 g/mol. The van der Waals surface area contributed by atoms with Crippen LogP contribution in [-0.4, -0.2) is 27.6 Å². The second-order valence-corrected chi connectivity index (χ2v) is 2.86. The predicted octanol–water partition coefficient (Wildman–Crippen LogP) is 0.801. The predicted molar refractivity (Wildman–Crippen MR) is 52.9 cm³/mol. The van der Waals surface area contributed by atoms with Crippen LogP contribution in [-0.2, 0) is 16.0 Å². The zero-order chi connectivity index (χ0) is 12.1. The van der Waals surface area contributed by atoms with Crippen LogP contribution in [0.2, 0.25) is 0 Å². The van der Waals surface area contributed by atoms with E-state index in [0.29, 0.717) is 0 Å². The third kappa shape index (κ3) is 2.66. The largest absolute Gasteiger partial charge is 0.501 e. The van der Waals surface area contributed by atoms with Crippen molar-refractivity contribution in [3.63, 3.8) is 0 Å². The van der Waals surface area contributed by atoms with Crippen LogP contribution in [0.5, 0.6) is 5.75 Å². The Kier molecular flexibility index (Phi) is 3.76. The Bertz CT molecular complexity index is 418. The molecule has 7 heteroatoms. The molecular weight excluding hydrogens is 216 g/mol. The molecule has 0 aliphatic rings. The van der Waals surface area contributed by atoms with Crippen LogP contribution >= 0.6 is 0 Å². The minimum absolute atomic E-state index is 0.0624. The molecule has 0 saturated carbocycles. The molecule has 0 aliphatic heterocycles. The molecule has 1 rings (SSSR count). The number of aromatic nitrogens is 1. The third-order valence-electron chi connectivity index (χ3n) is 1.79. The maximum atomic E-state index is 11.1. The molecule has 0 radical (unpaired) electrons. The van der Waals surface area contributed by atoms with Gasteiger partial charge in [0.15, 0.2) is 0 Å². The van der Waals surface area contributed by atoms with Crippen molar-refractivity contribution in [2.75, 3.05) is 6.61 Å². The van der Waals surface area contributed by atoms with E-state index in [1.54, 1.807) is 6.92 Å². The molecule has 86 valence electrons. The quantitative estimate of drug-likeness (QED) is 0.462. The van der Waals surface area contributed by atoms with Crippen molar-refractivity contribution >= 4 is 11.7 Å². The van der Waals surface area contributed by atoms with Crippen molar-refractivity contribution in [2.45, 2.75) is 13.3 Å². The minimum Gasteiger partial charge on any atom is -0.501 e. The van der Waals surface area contributed by atoms with Gasteiger partial charge < -0.3 is 9.84 Å². The van der Waals surface area contributed by atoms with Crippen LogP contribution in [0, 0.1) is 10.1 Å². The van der Waals surface area contributed by atoms with Gasteiger partial charge in [0.2, 0.25) is 5.75 Å². The maximum absolute atomic E-state index is 11.1. The molecule has 1 aromatic rings. The van der Waals surface area contributed by atoms with Crippen LogP contribution in [0.15, 0.2) is 12.3 Å². The fourth-order valence-corrected chi connectivity index (χ4v) is 1.11. The van der Waals surface area contributed by atoms with E-state index < -0.39 is 22.3 Å². The van der Waals surface area contributed by atoms with E-state index in [0.717, 1.165) is 12.3 Å². The molecule has 0 unspecified atom stereocenters. The van der Waals surface area contributed by atoms with Gasteiger partial charge in [-0.15, -0.1) is 0 Å². The number of nitro groups is 1. The number of hydrogen-bond donors (Lipinski definition) is 1. The van der Waals surface area contributed by atoms with Crippen molar-refractivity contribution in [3.05, 3.63) is 28.1 Å². The van der Waals surface area contributed by atoms with Gasteiger partial charge in [-0.1, -0.05) is 0 Å². The normalized spacial score (nSPS) is 9.81. The highest BCUT2D eigenvalue weighted by Crippen LogP contribution is 2.27.